The number of benzene rings is 2. The Bertz CT molecular complexity index is 1050. The Hall–Kier alpha value is -3.21. The molecule has 0 spiro atoms. The molecule has 2 aromatic carbocycles. The van der Waals surface area contributed by atoms with E-state index in [1.807, 2.05) is 49.4 Å². The Morgan fingerprint density at radius 3 is 2.64 bits per heavy atom. The number of pyridine rings is 1. The standard InChI is InChI=1S/C23H25FN4/c1-3-6-15-12-20(24)22(27-14-15)18-9-5-8-16-10-11-17(13-19(16)18)21(7-4-2)28-23(25)26/h5,7-14H,3-4,6H2,1-2H3,(H4,25,26,28)/b21-7+. The van der Waals surface area contributed by atoms with E-state index in [2.05, 4.69) is 16.9 Å². The minimum absolute atomic E-state index is 0.00676. The quantitative estimate of drug-likeness (QED) is 0.468. The number of aromatic nitrogens is 1. The lowest BCUT2D eigenvalue weighted by Crippen LogP contribution is -2.22. The number of hydrogen-bond donors (Lipinski definition) is 2. The summed E-state index contributed by atoms with van der Waals surface area (Å²) in [6, 6.07) is 13.3. The van der Waals surface area contributed by atoms with Gasteiger partial charge in [-0.1, -0.05) is 56.7 Å². The van der Waals surface area contributed by atoms with Gasteiger partial charge in [0.1, 0.15) is 11.5 Å². The van der Waals surface area contributed by atoms with Crippen LogP contribution in [0.2, 0.25) is 0 Å². The Balaban J connectivity index is 2.17. The number of fused-ring (bicyclic) bond motifs is 1. The molecule has 144 valence electrons. The summed E-state index contributed by atoms with van der Waals surface area (Å²) < 4.78 is 14.8. The normalized spacial score (nSPS) is 11.6. The summed E-state index contributed by atoms with van der Waals surface area (Å²) >= 11 is 0. The average molecular weight is 376 g/mol. The van der Waals surface area contributed by atoms with Crippen molar-refractivity contribution in [3.8, 4) is 11.3 Å². The molecule has 4 nitrogen and oxygen atoms in total. The van der Waals surface area contributed by atoms with E-state index >= 15 is 0 Å². The topological polar surface area (TPSA) is 77.3 Å². The molecule has 0 bridgehead atoms. The van der Waals surface area contributed by atoms with Crippen molar-refractivity contribution in [1.29, 1.82) is 0 Å². The second-order valence-electron chi connectivity index (χ2n) is 6.70. The number of rotatable bonds is 6. The molecule has 0 amide bonds. The van der Waals surface area contributed by atoms with Crippen molar-refractivity contribution in [2.24, 2.45) is 16.5 Å². The molecular weight excluding hydrogens is 351 g/mol. The van der Waals surface area contributed by atoms with E-state index in [0.29, 0.717) is 11.4 Å². The summed E-state index contributed by atoms with van der Waals surface area (Å²) in [5.74, 6) is -0.301. The molecular formula is C23H25FN4. The van der Waals surface area contributed by atoms with Crippen LogP contribution in [0.5, 0.6) is 0 Å². The van der Waals surface area contributed by atoms with Gasteiger partial charge in [-0.3, -0.25) is 4.98 Å². The van der Waals surface area contributed by atoms with Gasteiger partial charge < -0.3 is 11.5 Å². The molecule has 0 radical (unpaired) electrons. The largest absolute Gasteiger partial charge is 0.370 e. The molecule has 3 aromatic rings. The van der Waals surface area contributed by atoms with Gasteiger partial charge in [0.05, 0.1) is 5.70 Å². The van der Waals surface area contributed by atoms with Crippen molar-refractivity contribution in [3.05, 3.63) is 71.7 Å². The third-order valence-electron chi connectivity index (χ3n) is 4.52. The Kier molecular flexibility index (Phi) is 6.04. The fourth-order valence-corrected chi connectivity index (χ4v) is 3.30. The number of aryl methyl sites for hydroxylation is 1. The van der Waals surface area contributed by atoms with Crippen molar-refractivity contribution in [2.75, 3.05) is 0 Å². The number of halogens is 1. The summed E-state index contributed by atoms with van der Waals surface area (Å²) in [6.45, 7) is 4.09. The second-order valence-corrected chi connectivity index (χ2v) is 6.70. The van der Waals surface area contributed by atoms with Crippen LogP contribution in [0.25, 0.3) is 27.7 Å². The lowest BCUT2D eigenvalue weighted by atomic mass is 9.97. The minimum Gasteiger partial charge on any atom is -0.370 e. The van der Waals surface area contributed by atoms with Crippen molar-refractivity contribution < 1.29 is 4.39 Å². The van der Waals surface area contributed by atoms with Gasteiger partial charge in [0.25, 0.3) is 0 Å². The van der Waals surface area contributed by atoms with Crippen LogP contribution < -0.4 is 11.5 Å². The van der Waals surface area contributed by atoms with Crippen molar-refractivity contribution in [3.63, 3.8) is 0 Å². The van der Waals surface area contributed by atoms with E-state index < -0.39 is 0 Å². The minimum atomic E-state index is -0.308. The summed E-state index contributed by atoms with van der Waals surface area (Å²) in [5.41, 5.74) is 14.7. The van der Waals surface area contributed by atoms with Crippen LogP contribution in [-0.4, -0.2) is 10.9 Å². The van der Waals surface area contributed by atoms with E-state index in [1.54, 1.807) is 12.3 Å². The fourth-order valence-electron chi connectivity index (χ4n) is 3.30. The number of nitrogens with zero attached hydrogens (tertiary/aromatic N) is 2. The molecule has 0 aliphatic rings. The summed E-state index contributed by atoms with van der Waals surface area (Å²) in [6.07, 6.45) is 6.28. The van der Waals surface area contributed by atoms with Crippen molar-refractivity contribution in [2.45, 2.75) is 33.1 Å². The van der Waals surface area contributed by atoms with E-state index in [1.165, 1.54) is 0 Å². The van der Waals surface area contributed by atoms with Crippen LogP contribution in [-0.2, 0) is 6.42 Å². The van der Waals surface area contributed by atoms with E-state index in [0.717, 1.165) is 46.7 Å². The predicted octanol–water partition coefficient (Wildman–Crippen LogP) is 5.02. The van der Waals surface area contributed by atoms with Crippen LogP contribution in [0.3, 0.4) is 0 Å². The SMILES string of the molecule is CC/C=C(/N=C(N)N)c1ccc2cccc(-c3ncc(CCC)cc3F)c2c1. The maximum absolute atomic E-state index is 14.8. The summed E-state index contributed by atoms with van der Waals surface area (Å²) in [5, 5.41) is 1.91. The predicted molar refractivity (Wildman–Crippen MR) is 115 cm³/mol. The average Bonchev–Trinajstić information content (AvgIpc) is 2.67. The highest BCUT2D eigenvalue weighted by Gasteiger charge is 2.12. The zero-order valence-electron chi connectivity index (χ0n) is 16.2. The lowest BCUT2D eigenvalue weighted by Gasteiger charge is -2.11. The number of allylic oxidation sites excluding steroid dienone is 1. The summed E-state index contributed by atoms with van der Waals surface area (Å²) in [4.78, 5) is 8.66. The molecule has 0 aliphatic carbocycles. The molecule has 0 fully saturated rings. The van der Waals surface area contributed by atoms with Gasteiger partial charge in [0.2, 0.25) is 0 Å². The van der Waals surface area contributed by atoms with Gasteiger partial charge in [0, 0.05) is 17.3 Å². The number of guanidine groups is 1. The monoisotopic (exact) mass is 376 g/mol. The highest BCUT2D eigenvalue weighted by atomic mass is 19.1. The highest BCUT2D eigenvalue weighted by Crippen LogP contribution is 2.32. The van der Waals surface area contributed by atoms with Gasteiger partial charge in [-0.25, -0.2) is 9.38 Å². The first-order chi connectivity index (χ1) is 13.5. The van der Waals surface area contributed by atoms with Crippen LogP contribution >= 0.6 is 0 Å². The van der Waals surface area contributed by atoms with E-state index in [9.17, 15) is 4.39 Å². The number of aliphatic imine (C=N–C) groups is 1. The molecule has 0 atom stereocenters. The third-order valence-corrected chi connectivity index (χ3v) is 4.52. The van der Waals surface area contributed by atoms with Gasteiger partial charge in [-0.05, 0) is 41.3 Å². The van der Waals surface area contributed by atoms with Crippen LogP contribution in [0, 0.1) is 5.82 Å². The summed E-state index contributed by atoms with van der Waals surface area (Å²) in [7, 11) is 0. The maximum atomic E-state index is 14.8. The Morgan fingerprint density at radius 2 is 1.96 bits per heavy atom. The molecule has 28 heavy (non-hydrogen) atoms. The molecule has 4 N–H and O–H groups in total. The highest BCUT2D eigenvalue weighted by molar-refractivity contribution is 5.98. The molecule has 5 heteroatoms. The fraction of sp³-hybridized carbons (Fsp3) is 0.217. The first-order valence-electron chi connectivity index (χ1n) is 9.51. The molecule has 3 rings (SSSR count). The number of nitrogens with two attached hydrogens (primary N) is 2. The van der Waals surface area contributed by atoms with Gasteiger partial charge in [0.15, 0.2) is 5.96 Å². The Labute approximate surface area is 164 Å². The molecule has 0 unspecified atom stereocenters. The molecule has 0 saturated carbocycles. The molecule has 1 heterocycles. The van der Waals surface area contributed by atoms with Gasteiger partial charge in [-0.2, -0.15) is 0 Å². The van der Waals surface area contributed by atoms with Gasteiger partial charge >= 0.3 is 0 Å². The van der Waals surface area contributed by atoms with Crippen molar-refractivity contribution in [1.82, 2.24) is 4.98 Å². The third kappa shape index (κ3) is 4.19. The zero-order chi connectivity index (χ0) is 20.1. The van der Waals surface area contributed by atoms with Crippen LogP contribution in [0.15, 0.2) is 59.7 Å². The van der Waals surface area contributed by atoms with E-state index in [-0.39, 0.29) is 11.8 Å². The zero-order valence-corrected chi connectivity index (χ0v) is 16.2. The Morgan fingerprint density at radius 1 is 1.14 bits per heavy atom. The molecule has 0 saturated heterocycles. The molecule has 1 aromatic heterocycles. The first kappa shape index (κ1) is 19.5. The van der Waals surface area contributed by atoms with Gasteiger partial charge in [-0.15, -0.1) is 0 Å². The lowest BCUT2D eigenvalue weighted by molar-refractivity contribution is 0.622. The number of hydrogen-bond acceptors (Lipinski definition) is 2. The van der Waals surface area contributed by atoms with Crippen LogP contribution in [0.1, 0.15) is 37.8 Å². The smallest absolute Gasteiger partial charge is 0.191 e. The van der Waals surface area contributed by atoms with Crippen molar-refractivity contribution >= 4 is 22.4 Å². The first-order valence-corrected chi connectivity index (χ1v) is 9.51. The van der Waals surface area contributed by atoms with E-state index in [4.69, 9.17) is 11.5 Å². The molecule has 0 aliphatic heterocycles. The van der Waals surface area contributed by atoms with Crippen LogP contribution in [0.4, 0.5) is 4.39 Å². The second kappa shape index (κ2) is 8.65. The maximum Gasteiger partial charge on any atom is 0.191 e.